The molecule has 2 aromatic heterocycles. The molecule has 3 aliphatic heterocycles. The molecule has 0 radical (unpaired) electrons. The molecule has 1 N–H and O–H groups in total. The largest absolute Gasteiger partial charge is 0.455 e. The van der Waals surface area contributed by atoms with E-state index in [9.17, 15) is 24.3 Å². The molecule has 324 valence electrons. The molecule has 5 heterocycles. The third kappa shape index (κ3) is 8.83. The number of amides is 1. The second kappa shape index (κ2) is 18.0. The number of carbonyl (C=O) groups is 4. The summed E-state index contributed by atoms with van der Waals surface area (Å²) in [5.41, 5.74) is -4.66. The van der Waals surface area contributed by atoms with E-state index in [4.69, 9.17) is 23.7 Å². The standard InChI is InChI=1S/C43H65FN4O10/c1-12-16-31-43(10)34(48(40(53)58-43)20-14-13-19-47-23-46-37-30(47)17-15-18-45-37)27(6)32(49)25(4)22-41(8,54-11)36(28(7)35(51)42(9,44)39(52)56-31)57-38-33(50)29(24(2)3)21-26(5)55-38/h15,17-18,23-29,31,33-34,36,38,50H,12-14,16,19-22H2,1-11H3/t25-,26-,27+,28+,29-,31?,33-,34+,36?,38+,41-,42+,43-/m1/s1. The van der Waals surface area contributed by atoms with Gasteiger partial charge in [-0.2, -0.15) is 0 Å². The predicted molar refractivity (Wildman–Crippen MR) is 212 cm³/mol. The maximum absolute atomic E-state index is 17.0. The number of imidazole rings is 1. The highest BCUT2D eigenvalue weighted by Crippen LogP contribution is 2.44. The Bertz CT molecular complexity index is 1790. The molecule has 0 aliphatic carbocycles. The molecule has 58 heavy (non-hydrogen) atoms. The number of nitrogens with zero attached hydrogens (tertiary/aromatic N) is 4. The number of Topliss-reactive ketones (excluding diaryl/α,β-unsaturated/α-hetero) is 2. The van der Waals surface area contributed by atoms with Crippen molar-refractivity contribution in [3.8, 4) is 0 Å². The Morgan fingerprint density at radius 1 is 1.03 bits per heavy atom. The van der Waals surface area contributed by atoms with Crippen LogP contribution >= 0.6 is 0 Å². The molecular formula is C43H65FN4O10. The van der Waals surface area contributed by atoms with E-state index in [0.29, 0.717) is 37.9 Å². The van der Waals surface area contributed by atoms with Crippen molar-refractivity contribution in [1.29, 1.82) is 0 Å². The Morgan fingerprint density at radius 2 is 1.72 bits per heavy atom. The van der Waals surface area contributed by atoms with Crippen LogP contribution in [0, 0.1) is 29.6 Å². The summed E-state index contributed by atoms with van der Waals surface area (Å²) in [5.74, 6) is -5.81. The van der Waals surface area contributed by atoms with Crippen LogP contribution in [0.1, 0.15) is 108 Å². The third-order valence-corrected chi connectivity index (χ3v) is 13.1. The van der Waals surface area contributed by atoms with E-state index >= 15 is 4.39 Å². The first-order valence-electron chi connectivity index (χ1n) is 21.0. The SMILES string of the molecule is CCCC1OC(=O)[C@@](C)(F)C(=O)[C@H](C)C(O[C@@H]2O[C@H](C)C[C@H](C(C)C)[C@H]2O)[C@](C)(OC)C[C@@H](C)C(=O)[C@H](C)[C@@H]2N(CCCCn3cnc4ncccc43)C(=O)O[C@]12C. The van der Waals surface area contributed by atoms with Crippen molar-refractivity contribution in [2.45, 2.75) is 168 Å². The van der Waals surface area contributed by atoms with E-state index in [1.165, 1.54) is 18.9 Å². The minimum absolute atomic E-state index is 0.0126. The Labute approximate surface area is 341 Å². The van der Waals surface area contributed by atoms with Gasteiger partial charge in [0.25, 0.3) is 5.67 Å². The van der Waals surface area contributed by atoms with Crippen LogP contribution < -0.4 is 0 Å². The summed E-state index contributed by atoms with van der Waals surface area (Å²) in [6.07, 6.45) is 0.0746. The van der Waals surface area contributed by atoms with Crippen molar-refractivity contribution in [1.82, 2.24) is 19.4 Å². The first kappa shape index (κ1) is 45.6. The van der Waals surface area contributed by atoms with Gasteiger partial charge in [-0.3, -0.25) is 9.59 Å². The molecule has 3 fully saturated rings. The van der Waals surface area contributed by atoms with E-state index in [1.54, 1.807) is 40.2 Å². The lowest BCUT2D eigenvalue weighted by Gasteiger charge is -2.47. The molecule has 2 unspecified atom stereocenters. The first-order chi connectivity index (χ1) is 27.2. The Hall–Kier alpha value is -3.53. The number of ketones is 2. The predicted octanol–water partition coefficient (Wildman–Crippen LogP) is 6.24. The van der Waals surface area contributed by atoms with E-state index < -0.39 is 83.1 Å². The average molecular weight is 817 g/mol. The smallest absolute Gasteiger partial charge is 0.410 e. The van der Waals surface area contributed by atoms with Crippen LogP contribution in [0.3, 0.4) is 0 Å². The van der Waals surface area contributed by atoms with Crippen molar-refractivity contribution < 1.29 is 52.4 Å². The zero-order valence-corrected chi connectivity index (χ0v) is 36.1. The van der Waals surface area contributed by atoms with E-state index in [-0.39, 0.29) is 43.1 Å². The van der Waals surface area contributed by atoms with E-state index in [2.05, 4.69) is 9.97 Å². The molecule has 0 saturated carbocycles. The summed E-state index contributed by atoms with van der Waals surface area (Å²) in [7, 11) is 1.42. The summed E-state index contributed by atoms with van der Waals surface area (Å²) >= 11 is 0. The molecule has 3 saturated heterocycles. The molecule has 1 amide bonds. The molecule has 5 rings (SSSR count). The fourth-order valence-corrected chi connectivity index (χ4v) is 9.69. The Balaban J connectivity index is 1.51. The van der Waals surface area contributed by atoms with Crippen LogP contribution in [0.25, 0.3) is 11.2 Å². The Morgan fingerprint density at radius 3 is 2.38 bits per heavy atom. The van der Waals surface area contributed by atoms with Gasteiger partial charge in [0, 0.05) is 44.1 Å². The van der Waals surface area contributed by atoms with Crippen LogP contribution in [0.2, 0.25) is 0 Å². The van der Waals surface area contributed by atoms with Gasteiger partial charge >= 0.3 is 12.1 Å². The minimum Gasteiger partial charge on any atom is -0.455 e. The van der Waals surface area contributed by atoms with Crippen molar-refractivity contribution in [3.05, 3.63) is 24.7 Å². The maximum Gasteiger partial charge on any atom is 0.410 e. The lowest BCUT2D eigenvalue weighted by atomic mass is 9.73. The van der Waals surface area contributed by atoms with Crippen LogP contribution in [0.4, 0.5) is 9.18 Å². The number of hydrogen-bond acceptors (Lipinski definition) is 12. The van der Waals surface area contributed by atoms with Gasteiger partial charge in [0.2, 0.25) is 0 Å². The third-order valence-electron chi connectivity index (χ3n) is 13.1. The summed E-state index contributed by atoms with van der Waals surface area (Å²) in [6.45, 7) is 17.6. The van der Waals surface area contributed by atoms with Gasteiger partial charge in [-0.1, -0.05) is 48.0 Å². The van der Waals surface area contributed by atoms with Crippen LogP contribution in [-0.4, -0.2) is 115 Å². The van der Waals surface area contributed by atoms with Gasteiger partial charge in [-0.25, -0.2) is 23.9 Å². The molecule has 2 aromatic rings. The topological polar surface area (TPSA) is 169 Å². The number of alkyl halides is 1. The zero-order chi connectivity index (χ0) is 42.9. The molecule has 0 aromatic carbocycles. The summed E-state index contributed by atoms with van der Waals surface area (Å²) < 4.78 is 49.8. The van der Waals surface area contributed by atoms with E-state index in [0.717, 1.165) is 12.4 Å². The van der Waals surface area contributed by atoms with Crippen molar-refractivity contribution in [2.75, 3.05) is 13.7 Å². The number of halogens is 1. The number of fused-ring (bicyclic) bond motifs is 2. The number of carbonyl (C=O) groups excluding carboxylic acids is 4. The monoisotopic (exact) mass is 816 g/mol. The second-order valence-corrected chi connectivity index (χ2v) is 17.8. The molecule has 0 spiro atoms. The fourth-order valence-electron chi connectivity index (χ4n) is 9.69. The number of pyridine rings is 1. The van der Waals surface area contributed by atoms with Crippen molar-refractivity contribution in [3.63, 3.8) is 0 Å². The normalized spacial score (nSPS) is 38.1. The number of rotatable bonds is 11. The van der Waals surface area contributed by atoms with Gasteiger partial charge in [0.15, 0.2) is 23.3 Å². The highest BCUT2D eigenvalue weighted by molar-refractivity contribution is 6.08. The minimum atomic E-state index is -3.17. The first-order valence-corrected chi connectivity index (χ1v) is 21.0. The Kier molecular flexibility index (Phi) is 14.1. The molecular weight excluding hydrogens is 751 g/mol. The highest BCUT2D eigenvalue weighted by atomic mass is 19.1. The van der Waals surface area contributed by atoms with Gasteiger partial charge in [0.1, 0.15) is 18.0 Å². The van der Waals surface area contributed by atoms with Crippen LogP contribution in [0.5, 0.6) is 0 Å². The van der Waals surface area contributed by atoms with E-state index in [1.807, 2.05) is 44.4 Å². The van der Waals surface area contributed by atoms with Gasteiger partial charge in [-0.15, -0.1) is 0 Å². The summed E-state index contributed by atoms with van der Waals surface area (Å²) in [6, 6.07) is 2.87. The number of esters is 1. The lowest BCUT2D eigenvalue weighted by molar-refractivity contribution is -0.299. The summed E-state index contributed by atoms with van der Waals surface area (Å²) in [5, 5.41) is 11.5. The molecule has 15 heteroatoms. The number of methoxy groups -OCH3 is 1. The van der Waals surface area contributed by atoms with Gasteiger partial charge in [-0.05, 0) is 83.8 Å². The molecule has 3 aliphatic rings. The van der Waals surface area contributed by atoms with Gasteiger partial charge in [0.05, 0.1) is 35.7 Å². The number of cyclic esters (lactones) is 1. The number of aromatic nitrogens is 3. The number of unbranched alkanes of at least 4 members (excludes halogenated alkanes) is 1. The number of aliphatic hydroxyl groups is 1. The van der Waals surface area contributed by atoms with Crippen LogP contribution in [-0.2, 0) is 44.6 Å². The highest BCUT2D eigenvalue weighted by Gasteiger charge is 2.62. The zero-order valence-electron chi connectivity index (χ0n) is 36.1. The van der Waals surface area contributed by atoms with Crippen LogP contribution in [0.15, 0.2) is 24.7 Å². The molecule has 13 atom stereocenters. The van der Waals surface area contributed by atoms with Crippen molar-refractivity contribution >= 4 is 34.8 Å². The lowest BCUT2D eigenvalue weighted by Crippen LogP contribution is -2.61. The molecule has 0 bridgehead atoms. The average Bonchev–Trinajstić information content (AvgIpc) is 3.71. The van der Waals surface area contributed by atoms with Crippen molar-refractivity contribution in [2.24, 2.45) is 29.6 Å². The maximum atomic E-state index is 17.0. The second-order valence-electron chi connectivity index (χ2n) is 17.8. The van der Waals surface area contributed by atoms with Gasteiger partial charge < -0.3 is 38.3 Å². The quantitative estimate of drug-likeness (QED) is 0.154. The number of aliphatic hydroxyl groups excluding tert-OH is 1. The number of ether oxygens (including phenoxy) is 5. The number of hydrogen-bond donors (Lipinski definition) is 1. The fraction of sp³-hybridized carbons (Fsp3) is 0.767. The number of aryl methyl sites for hydroxylation is 1. The summed E-state index contributed by atoms with van der Waals surface area (Å²) in [4.78, 5) is 67.2. The molecule has 14 nitrogen and oxygen atoms in total.